The quantitative estimate of drug-likeness (QED) is 0.587. The third-order valence-electron chi connectivity index (χ3n) is 3.78. The first-order chi connectivity index (χ1) is 12.8. The minimum Gasteiger partial charge on any atom is -0.437 e. The van der Waals surface area contributed by atoms with E-state index in [2.05, 4.69) is 15.5 Å². The first kappa shape index (κ1) is 15.8. The summed E-state index contributed by atoms with van der Waals surface area (Å²) in [6.45, 7) is 0. The second-order valence-corrected chi connectivity index (χ2v) is 5.62. The predicted molar refractivity (Wildman–Crippen MR) is 97.1 cm³/mol. The Bertz CT molecular complexity index is 1040. The third-order valence-corrected chi connectivity index (χ3v) is 3.78. The van der Waals surface area contributed by atoms with Crippen molar-refractivity contribution in [2.24, 2.45) is 0 Å². The first-order valence-electron chi connectivity index (χ1n) is 8.10. The molecule has 0 spiro atoms. The molecule has 0 aliphatic rings. The Labute approximate surface area is 149 Å². The molecule has 26 heavy (non-hydrogen) atoms. The van der Waals surface area contributed by atoms with Gasteiger partial charge in [-0.05, 0) is 36.4 Å². The van der Waals surface area contributed by atoms with Crippen LogP contribution in [0.2, 0.25) is 0 Å². The molecule has 128 valence electrons. The van der Waals surface area contributed by atoms with Gasteiger partial charge in [0.2, 0.25) is 11.8 Å². The molecular weight excluding hydrogens is 330 g/mol. The molecule has 0 bridgehead atoms. The molecule has 0 fully saturated rings. The van der Waals surface area contributed by atoms with Gasteiger partial charge in [0.15, 0.2) is 5.58 Å². The van der Waals surface area contributed by atoms with E-state index in [1.54, 1.807) is 18.3 Å². The number of amides is 1. The fourth-order valence-corrected chi connectivity index (χ4v) is 2.58. The second-order valence-electron chi connectivity index (χ2n) is 5.62. The molecule has 0 unspecified atom stereocenters. The van der Waals surface area contributed by atoms with Crippen LogP contribution >= 0.6 is 0 Å². The van der Waals surface area contributed by atoms with Crippen molar-refractivity contribution < 1.29 is 14.1 Å². The number of ether oxygens (including phenoxy) is 1. The van der Waals surface area contributed by atoms with Crippen LogP contribution in [0.3, 0.4) is 0 Å². The van der Waals surface area contributed by atoms with Crippen molar-refractivity contribution in [2.45, 2.75) is 6.42 Å². The van der Waals surface area contributed by atoms with E-state index in [0.29, 0.717) is 28.6 Å². The Morgan fingerprint density at radius 2 is 1.81 bits per heavy atom. The minimum absolute atomic E-state index is 0.0939. The van der Waals surface area contributed by atoms with Crippen LogP contribution in [0.25, 0.3) is 11.0 Å². The zero-order valence-electron chi connectivity index (χ0n) is 13.8. The Kier molecular flexibility index (Phi) is 4.30. The van der Waals surface area contributed by atoms with Crippen LogP contribution in [0.1, 0.15) is 5.69 Å². The molecule has 6 heteroatoms. The van der Waals surface area contributed by atoms with Crippen LogP contribution in [0.5, 0.6) is 11.6 Å². The van der Waals surface area contributed by atoms with Gasteiger partial charge in [-0.3, -0.25) is 4.79 Å². The van der Waals surface area contributed by atoms with E-state index in [0.717, 1.165) is 5.39 Å². The standard InChI is InChI=1S/C20H15N3O3/c24-19(13-17-15-9-4-5-11-18(15)26-23-17)22-16-10-6-12-21-20(16)25-14-7-2-1-3-8-14/h1-12H,13H2,(H,22,24). The fraction of sp³-hybridized carbons (Fsp3) is 0.0500. The fourth-order valence-electron chi connectivity index (χ4n) is 2.58. The van der Waals surface area contributed by atoms with Crippen LogP contribution < -0.4 is 10.1 Å². The zero-order valence-corrected chi connectivity index (χ0v) is 13.8. The Balaban J connectivity index is 1.51. The van der Waals surface area contributed by atoms with Crippen molar-refractivity contribution in [3.8, 4) is 11.6 Å². The number of para-hydroxylation sites is 2. The van der Waals surface area contributed by atoms with Gasteiger partial charge in [-0.25, -0.2) is 4.98 Å². The van der Waals surface area contributed by atoms with Gasteiger partial charge < -0.3 is 14.6 Å². The number of fused-ring (bicyclic) bond motifs is 1. The number of nitrogens with one attached hydrogen (secondary N) is 1. The number of pyridine rings is 1. The zero-order chi connectivity index (χ0) is 17.8. The number of hydrogen-bond donors (Lipinski definition) is 1. The monoisotopic (exact) mass is 345 g/mol. The Morgan fingerprint density at radius 1 is 1.00 bits per heavy atom. The molecule has 0 aliphatic carbocycles. The van der Waals surface area contributed by atoms with Gasteiger partial charge in [-0.15, -0.1) is 0 Å². The summed E-state index contributed by atoms with van der Waals surface area (Å²) in [5.41, 5.74) is 1.74. The number of aromatic nitrogens is 2. The molecule has 2 heterocycles. The molecule has 0 saturated heterocycles. The molecular formula is C20H15N3O3. The predicted octanol–water partition coefficient (Wildman–Crippen LogP) is 4.20. The number of anilines is 1. The van der Waals surface area contributed by atoms with Crippen molar-refractivity contribution in [1.29, 1.82) is 0 Å². The van der Waals surface area contributed by atoms with E-state index in [1.165, 1.54) is 0 Å². The molecule has 0 saturated carbocycles. The number of carbonyl (C=O) groups excluding carboxylic acids is 1. The van der Waals surface area contributed by atoms with Crippen LogP contribution in [0.15, 0.2) is 77.4 Å². The number of benzene rings is 2. The summed E-state index contributed by atoms with van der Waals surface area (Å²) in [4.78, 5) is 16.7. The van der Waals surface area contributed by atoms with E-state index >= 15 is 0 Å². The normalized spacial score (nSPS) is 10.6. The van der Waals surface area contributed by atoms with Gasteiger partial charge >= 0.3 is 0 Å². The molecule has 2 aromatic heterocycles. The molecule has 0 atom stereocenters. The van der Waals surface area contributed by atoms with E-state index < -0.39 is 0 Å². The van der Waals surface area contributed by atoms with Crippen molar-refractivity contribution >= 4 is 22.6 Å². The molecule has 0 radical (unpaired) electrons. The molecule has 1 N–H and O–H groups in total. The molecule has 0 aliphatic heterocycles. The van der Waals surface area contributed by atoms with E-state index in [4.69, 9.17) is 9.26 Å². The van der Waals surface area contributed by atoms with Crippen molar-refractivity contribution in [1.82, 2.24) is 10.1 Å². The summed E-state index contributed by atoms with van der Waals surface area (Å²) < 4.78 is 11.0. The minimum atomic E-state index is -0.227. The highest BCUT2D eigenvalue weighted by molar-refractivity contribution is 5.95. The topological polar surface area (TPSA) is 77.3 Å². The van der Waals surface area contributed by atoms with Gasteiger partial charge in [0.25, 0.3) is 0 Å². The van der Waals surface area contributed by atoms with Gasteiger partial charge in [0, 0.05) is 11.6 Å². The van der Waals surface area contributed by atoms with Crippen LogP contribution in [0, 0.1) is 0 Å². The van der Waals surface area contributed by atoms with Crippen LogP contribution in [0.4, 0.5) is 5.69 Å². The van der Waals surface area contributed by atoms with Gasteiger partial charge in [0.05, 0.1) is 6.42 Å². The van der Waals surface area contributed by atoms with Crippen molar-refractivity contribution in [2.75, 3.05) is 5.32 Å². The van der Waals surface area contributed by atoms with Crippen molar-refractivity contribution in [3.05, 3.63) is 78.6 Å². The summed E-state index contributed by atoms with van der Waals surface area (Å²) in [6, 6.07) is 20.2. The van der Waals surface area contributed by atoms with Crippen molar-refractivity contribution in [3.63, 3.8) is 0 Å². The third kappa shape index (κ3) is 3.39. The molecule has 1 amide bonds. The maximum absolute atomic E-state index is 12.5. The highest BCUT2D eigenvalue weighted by Gasteiger charge is 2.14. The molecule has 4 aromatic rings. The number of hydrogen-bond acceptors (Lipinski definition) is 5. The largest absolute Gasteiger partial charge is 0.437 e. The summed E-state index contributed by atoms with van der Waals surface area (Å²) >= 11 is 0. The summed E-state index contributed by atoms with van der Waals surface area (Å²) in [7, 11) is 0. The molecule has 4 rings (SSSR count). The number of rotatable bonds is 5. The maximum Gasteiger partial charge on any atom is 0.243 e. The van der Waals surface area contributed by atoms with Crippen LogP contribution in [-0.2, 0) is 11.2 Å². The summed E-state index contributed by atoms with van der Waals surface area (Å²) in [6.07, 6.45) is 1.70. The lowest BCUT2D eigenvalue weighted by atomic mass is 10.1. The highest BCUT2D eigenvalue weighted by atomic mass is 16.5. The molecule has 6 nitrogen and oxygen atoms in total. The van der Waals surface area contributed by atoms with Gasteiger partial charge in [-0.1, -0.05) is 35.5 Å². The van der Waals surface area contributed by atoms with E-state index in [1.807, 2.05) is 54.6 Å². The SMILES string of the molecule is O=C(Cc1noc2ccccc12)Nc1cccnc1Oc1ccccc1. The number of nitrogens with zero attached hydrogens (tertiary/aromatic N) is 2. The maximum atomic E-state index is 12.5. The summed E-state index contributed by atoms with van der Waals surface area (Å²) in [5, 5.41) is 7.64. The average Bonchev–Trinajstić information content (AvgIpc) is 3.07. The summed E-state index contributed by atoms with van der Waals surface area (Å²) in [5.74, 6) is 0.746. The molecule has 2 aromatic carbocycles. The van der Waals surface area contributed by atoms with E-state index in [9.17, 15) is 4.79 Å². The first-order valence-corrected chi connectivity index (χ1v) is 8.10. The smallest absolute Gasteiger partial charge is 0.243 e. The van der Waals surface area contributed by atoms with E-state index in [-0.39, 0.29) is 12.3 Å². The number of carbonyl (C=O) groups is 1. The van der Waals surface area contributed by atoms with Gasteiger partial charge in [0.1, 0.15) is 17.1 Å². The Hall–Kier alpha value is -3.67. The highest BCUT2D eigenvalue weighted by Crippen LogP contribution is 2.27. The van der Waals surface area contributed by atoms with Crippen LogP contribution in [-0.4, -0.2) is 16.0 Å². The lowest BCUT2D eigenvalue weighted by molar-refractivity contribution is -0.115. The average molecular weight is 345 g/mol. The second kappa shape index (κ2) is 7.06. The van der Waals surface area contributed by atoms with Gasteiger partial charge in [-0.2, -0.15) is 0 Å². The lowest BCUT2D eigenvalue weighted by Gasteiger charge is -2.10. The lowest BCUT2D eigenvalue weighted by Crippen LogP contribution is -2.15. The Morgan fingerprint density at radius 3 is 2.69 bits per heavy atom.